The molecule has 31 heavy (non-hydrogen) atoms. The van der Waals surface area contributed by atoms with Gasteiger partial charge in [0.15, 0.2) is 0 Å². The van der Waals surface area contributed by atoms with Gasteiger partial charge in [-0.25, -0.2) is 4.39 Å². The van der Waals surface area contributed by atoms with Gasteiger partial charge >= 0.3 is 6.18 Å². The first-order valence-corrected chi connectivity index (χ1v) is 10.1. The van der Waals surface area contributed by atoms with Crippen molar-refractivity contribution in [1.82, 2.24) is 0 Å². The van der Waals surface area contributed by atoms with Gasteiger partial charge in [0.25, 0.3) is 5.60 Å². The largest absolute Gasteiger partial charge is 0.435 e. The molecular formula is C22H25ClF4N2O2. The summed E-state index contributed by atoms with van der Waals surface area (Å²) in [7, 11) is 0. The summed E-state index contributed by atoms with van der Waals surface area (Å²) in [5, 5.41) is 5.91. The lowest BCUT2D eigenvalue weighted by Gasteiger charge is -2.30. The highest BCUT2D eigenvalue weighted by atomic mass is 35.5. The lowest BCUT2D eigenvalue weighted by atomic mass is 9.85. The number of benzene rings is 1. The van der Waals surface area contributed by atoms with Crippen molar-refractivity contribution >= 4 is 28.9 Å². The summed E-state index contributed by atoms with van der Waals surface area (Å²) in [6, 6.07) is 3.52. The number of amides is 1. The fraction of sp³-hybridized carbons (Fsp3) is 0.364. The first kappa shape index (κ1) is 26.4. The van der Waals surface area contributed by atoms with Gasteiger partial charge < -0.3 is 10.2 Å². The van der Waals surface area contributed by atoms with Gasteiger partial charge in [0, 0.05) is 30.4 Å². The minimum Gasteiger partial charge on any atom is -0.374 e. The first-order valence-electron chi connectivity index (χ1n) is 9.58. The van der Waals surface area contributed by atoms with Crippen molar-refractivity contribution in [3.05, 3.63) is 66.0 Å². The highest BCUT2D eigenvalue weighted by Gasteiger charge is 2.62. The first-order chi connectivity index (χ1) is 14.6. The monoisotopic (exact) mass is 460 g/mol. The van der Waals surface area contributed by atoms with Gasteiger partial charge in [0.1, 0.15) is 5.82 Å². The average molecular weight is 461 g/mol. The molecule has 0 saturated heterocycles. The van der Waals surface area contributed by atoms with Crippen molar-refractivity contribution in [3.63, 3.8) is 0 Å². The fourth-order valence-electron chi connectivity index (χ4n) is 2.79. The van der Waals surface area contributed by atoms with Crippen LogP contribution in [0.4, 0.5) is 23.2 Å². The van der Waals surface area contributed by atoms with Gasteiger partial charge in [-0.3, -0.25) is 4.79 Å². The number of rotatable bonds is 7. The minimum absolute atomic E-state index is 0.0356. The predicted octanol–water partition coefficient (Wildman–Crippen LogP) is 6.53. The Labute approximate surface area is 184 Å². The van der Waals surface area contributed by atoms with E-state index < -0.39 is 29.9 Å². The van der Waals surface area contributed by atoms with Crippen LogP contribution < -0.4 is 5.32 Å². The number of alkyl halides is 4. The van der Waals surface area contributed by atoms with Crippen molar-refractivity contribution in [1.29, 1.82) is 0 Å². The zero-order valence-corrected chi connectivity index (χ0v) is 18.3. The van der Waals surface area contributed by atoms with E-state index >= 15 is 0 Å². The summed E-state index contributed by atoms with van der Waals surface area (Å²) in [4.78, 5) is 16.1. The molecule has 1 heterocycles. The van der Waals surface area contributed by atoms with Gasteiger partial charge in [0.2, 0.25) is 5.91 Å². The van der Waals surface area contributed by atoms with Crippen molar-refractivity contribution in [3.8, 4) is 0 Å². The second-order valence-corrected chi connectivity index (χ2v) is 6.56. The Kier molecular flexibility index (Phi) is 9.97. The number of hydrogen-bond donors (Lipinski definition) is 1. The second-order valence-electron chi connectivity index (χ2n) is 6.25. The van der Waals surface area contributed by atoms with Crippen LogP contribution in [0.1, 0.15) is 39.2 Å². The Morgan fingerprint density at radius 3 is 2.61 bits per heavy atom. The Hall–Kier alpha value is -2.61. The van der Waals surface area contributed by atoms with Crippen molar-refractivity contribution in [2.75, 3.05) is 11.2 Å². The maximum atomic E-state index is 14.0. The molecule has 1 amide bonds. The number of nitrogens with one attached hydrogen (secondary N) is 1. The van der Waals surface area contributed by atoms with Crippen LogP contribution in [-0.4, -0.2) is 29.3 Å². The van der Waals surface area contributed by atoms with Crippen molar-refractivity contribution in [2.45, 2.75) is 45.4 Å². The van der Waals surface area contributed by atoms with E-state index in [0.29, 0.717) is 6.42 Å². The molecule has 0 spiro atoms. The van der Waals surface area contributed by atoms with Crippen molar-refractivity contribution in [2.24, 2.45) is 5.16 Å². The van der Waals surface area contributed by atoms with Gasteiger partial charge in [-0.05, 0) is 24.6 Å². The standard InChI is InChI=1S/C20H19ClF4N2O2.C2H6/c1-3-4-5-6-15(9-10-21)19(20(23,24)25)12-18(27-29-19)14-7-8-16(22)17(11-14)26-13(2)28;1-2/h3,5-9,11H,1,4,10,12H2,2H3,(H,26,28);1-2H3/b6-5-,15-9+;. The molecule has 1 aromatic rings. The minimum atomic E-state index is -4.80. The number of nitrogens with zero attached hydrogens (tertiary/aromatic N) is 1. The smallest absolute Gasteiger partial charge is 0.374 e. The SMILES string of the molecule is C=CC/C=C\C(=C/CCl)C1(C(F)(F)F)CC(c2ccc(F)c(NC(C)=O)c2)=NO1.CC. The predicted molar refractivity (Wildman–Crippen MR) is 116 cm³/mol. The summed E-state index contributed by atoms with van der Waals surface area (Å²) < 4.78 is 56.0. The summed E-state index contributed by atoms with van der Waals surface area (Å²) in [5.41, 5.74) is -2.92. The quantitative estimate of drug-likeness (QED) is 0.217. The maximum absolute atomic E-state index is 14.0. The molecule has 0 fully saturated rings. The number of carbonyl (C=O) groups excluding carboxylic acids is 1. The molecule has 4 nitrogen and oxygen atoms in total. The Balaban J connectivity index is 0.00000233. The number of oxime groups is 1. The lowest BCUT2D eigenvalue weighted by Crippen LogP contribution is -2.47. The molecule has 1 aromatic carbocycles. The van der Waals surface area contributed by atoms with Crippen LogP contribution in [0.3, 0.4) is 0 Å². The van der Waals surface area contributed by atoms with Gasteiger partial charge in [0.05, 0.1) is 11.4 Å². The topological polar surface area (TPSA) is 50.7 Å². The Morgan fingerprint density at radius 2 is 2.06 bits per heavy atom. The van der Waals surface area contributed by atoms with Gasteiger partial charge in [-0.1, -0.05) is 43.3 Å². The molecular weight excluding hydrogens is 436 g/mol. The molecule has 170 valence electrons. The van der Waals surface area contributed by atoms with Crippen LogP contribution in [0.5, 0.6) is 0 Å². The molecule has 0 bridgehead atoms. The summed E-state index contributed by atoms with van der Waals surface area (Å²) in [6.07, 6.45) is 0.461. The van der Waals surface area contributed by atoms with Crippen LogP contribution in [0.15, 0.2) is 59.8 Å². The molecule has 0 aliphatic carbocycles. The van der Waals surface area contributed by atoms with E-state index in [-0.39, 0.29) is 28.4 Å². The third-order valence-electron chi connectivity index (χ3n) is 4.16. The van der Waals surface area contributed by atoms with E-state index in [0.717, 1.165) is 6.07 Å². The van der Waals surface area contributed by atoms with E-state index in [2.05, 4.69) is 17.1 Å². The number of hydrogen-bond acceptors (Lipinski definition) is 3. The molecule has 1 N–H and O–H groups in total. The third kappa shape index (κ3) is 6.43. The molecule has 0 radical (unpaired) electrons. The highest BCUT2D eigenvalue weighted by molar-refractivity contribution is 6.19. The van der Waals surface area contributed by atoms with E-state index in [9.17, 15) is 22.4 Å². The summed E-state index contributed by atoms with van der Waals surface area (Å²) in [6.45, 7) is 8.71. The van der Waals surface area contributed by atoms with Crippen LogP contribution in [0.2, 0.25) is 0 Å². The normalized spacial score (nSPS) is 18.7. The van der Waals surface area contributed by atoms with Gasteiger partial charge in [-0.15, -0.1) is 18.2 Å². The second kappa shape index (κ2) is 11.7. The van der Waals surface area contributed by atoms with E-state index in [1.54, 1.807) is 0 Å². The lowest BCUT2D eigenvalue weighted by molar-refractivity contribution is -0.251. The Bertz CT molecular complexity index is 879. The number of halogens is 5. The molecule has 0 aromatic heterocycles. The highest BCUT2D eigenvalue weighted by Crippen LogP contribution is 2.46. The summed E-state index contributed by atoms with van der Waals surface area (Å²) in [5.74, 6) is -1.40. The van der Waals surface area contributed by atoms with Crippen LogP contribution in [-0.2, 0) is 9.63 Å². The number of allylic oxidation sites excluding steroid dienone is 3. The third-order valence-corrected chi connectivity index (χ3v) is 4.31. The number of anilines is 1. The van der Waals surface area contributed by atoms with Crippen LogP contribution in [0, 0.1) is 5.82 Å². The van der Waals surface area contributed by atoms with E-state index in [1.807, 2.05) is 13.8 Å². The summed E-state index contributed by atoms with van der Waals surface area (Å²) >= 11 is 5.67. The zero-order chi connectivity index (χ0) is 23.7. The molecule has 9 heteroatoms. The molecule has 1 unspecified atom stereocenters. The molecule has 1 aliphatic heterocycles. The fourth-order valence-corrected chi connectivity index (χ4v) is 2.96. The van der Waals surface area contributed by atoms with Crippen LogP contribution >= 0.6 is 11.6 Å². The van der Waals surface area contributed by atoms with Gasteiger partial charge in [-0.2, -0.15) is 13.2 Å². The van der Waals surface area contributed by atoms with E-state index in [4.69, 9.17) is 16.4 Å². The molecule has 0 saturated carbocycles. The number of carbonyl (C=O) groups is 1. The zero-order valence-electron chi connectivity index (χ0n) is 17.5. The molecule has 1 aliphatic rings. The maximum Gasteiger partial charge on any atom is 0.435 e. The van der Waals surface area contributed by atoms with E-state index in [1.165, 1.54) is 43.4 Å². The average Bonchev–Trinajstić information content (AvgIpc) is 3.17. The Morgan fingerprint density at radius 1 is 1.39 bits per heavy atom. The van der Waals surface area contributed by atoms with Crippen molar-refractivity contribution < 1.29 is 27.2 Å². The molecule has 1 atom stereocenters. The molecule has 2 rings (SSSR count). The van der Waals surface area contributed by atoms with Crippen LogP contribution in [0.25, 0.3) is 0 Å².